The van der Waals surface area contributed by atoms with Crippen molar-refractivity contribution in [3.8, 4) is 0 Å². The molecule has 0 spiro atoms. The lowest BCUT2D eigenvalue weighted by molar-refractivity contribution is 0.324. The Labute approximate surface area is 84.5 Å². The fourth-order valence-corrected chi connectivity index (χ4v) is 3.35. The van der Waals surface area contributed by atoms with E-state index in [1.807, 2.05) is 13.4 Å². The van der Waals surface area contributed by atoms with Gasteiger partial charge in [0.2, 0.25) is 0 Å². The largest absolute Gasteiger partial charge is 0.321 e. The van der Waals surface area contributed by atoms with Gasteiger partial charge in [-0.2, -0.15) is 0 Å². The van der Waals surface area contributed by atoms with Gasteiger partial charge in [0.25, 0.3) is 0 Å². The Morgan fingerprint density at radius 3 is 2.93 bits per heavy atom. The number of rotatable bonds is 2. The van der Waals surface area contributed by atoms with Gasteiger partial charge in [-0.3, -0.25) is 0 Å². The van der Waals surface area contributed by atoms with Crippen LogP contribution < -0.4 is 0 Å². The van der Waals surface area contributed by atoms with E-state index in [0.717, 1.165) is 24.2 Å². The van der Waals surface area contributed by atoms with Crippen molar-refractivity contribution in [3.05, 3.63) is 12.2 Å². The maximum absolute atomic E-state index is 4.18. The van der Waals surface area contributed by atoms with Gasteiger partial charge in [0, 0.05) is 13.5 Å². The molecule has 3 nitrogen and oxygen atoms in total. The Bertz CT molecular complexity index is 331. The minimum Gasteiger partial charge on any atom is -0.321 e. The highest BCUT2D eigenvalue weighted by Gasteiger charge is 2.39. The molecule has 2 bridgehead atoms. The molecule has 0 aromatic carbocycles. The number of hydrogen-bond acceptors (Lipinski definition) is 2. The number of aromatic nitrogens is 3. The lowest BCUT2D eigenvalue weighted by Crippen LogP contribution is -2.15. The smallest absolute Gasteiger partial charge is 0.132 e. The Morgan fingerprint density at radius 2 is 2.36 bits per heavy atom. The minimum atomic E-state index is 0.900. The molecule has 2 fully saturated rings. The second-order valence-electron chi connectivity index (χ2n) is 5.00. The number of fused-ring (bicyclic) bond motifs is 2. The molecule has 1 aromatic rings. The van der Waals surface area contributed by atoms with Gasteiger partial charge in [-0.1, -0.05) is 6.42 Å². The third-order valence-corrected chi connectivity index (χ3v) is 4.13. The summed E-state index contributed by atoms with van der Waals surface area (Å²) in [5.74, 6) is 4.11. The summed E-state index contributed by atoms with van der Waals surface area (Å²) in [6, 6.07) is 0. The van der Waals surface area contributed by atoms with Crippen LogP contribution >= 0.6 is 0 Å². The van der Waals surface area contributed by atoms with Crippen LogP contribution in [-0.2, 0) is 13.5 Å². The lowest BCUT2D eigenvalue weighted by Gasteiger charge is -2.20. The average Bonchev–Trinajstić information content (AvgIpc) is 2.83. The van der Waals surface area contributed by atoms with E-state index in [1.54, 1.807) is 0 Å². The van der Waals surface area contributed by atoms with Gasteiger partial charge in [-0.25, -0.2) is 0 Å². The highest BCUT2D eigenvalue weighted by molar-refractivity contribution is 4.96. The first-order valence-electron chi connectivity index (χ1n) is 5.66. The van der Waals surface area contributed by atoms with E-state index in [9.17, 15) is 0 Å². The highest BCUT2D eigenvalue weighted by Crippen LogP contribution is 2.49. The molecule has 3 unspecified atom stereocenters. The van der Waals surface area contributed by atoms with Crippen molar-refractivity contribution in [1.29, 1.82) is 0 Å². The van der Waals surface area contributed by atoms with Crippen LogP contribution in [0.1, 0.15) is 31.5 Å². The van der Waals surface area contributed by atoms with Crippen LogP contribution in [0.15, 0.2) is 6.33 Å². The van der Waals surface area contributed by atoms with E-state index in [-0.39, 0.29) is 0 Å². The Balaban J connectivity index is 1.71. The zero-order valence-electron chi connectivity index (χ0n) is 8.69. The Morgan fingerprint density at radius 1 is 1.43 bits per heavy atom. The van der Waals surface area contributed by atoms with Gasteiger partial charge in [-0.05, 0) is 37.0 Å². The van der Waals surface area contributed by atoms with Crippen molar-refractivity contribution in [2.75, 3.05) is 0 Å². The third kappa shape index (κ3) is 1.26. The summed E-state index contributed by atoms with van der Waals surface area (Å²) in [6.45, 7) is 0. The Hall–Kier alpha value is -0.860. The number of hydrogen-bond donors (Lipinski definition) is 0. The van der Waals surface area contributed by atoms with Crippen molar-refractivity contribution >= 4 is 0 Å². The van der Waals surface area contributed by atoms with Crippen LogP contribution in [0.2, 0.25) is 0 Å². The molecule has 3 rings (SSSR count). The normalized spacial score (nSPS) is 35.4. The molecule has 2 saturated carbocycles. The van der Waals surface area contributed by atoms with E-state index in [4.69, 9.17) is 0 Å². The molecule has 0 amide bonds. The summed E-state index contributed by atoms with van der Waals surface area (Å²) in [4.78, 5) is 0. The fraction of sp³-hybridized carbons (Fsp3) is 0.818. The maximum Gasteiger partial charge on any atom is 0.132 e. The van der Waals surface area contributed by atoms with Gasteiger partial charge < -0.3 is 4.57 Å². The molecule has 2 aliphatic carbocycles. The zero-order valence-corrected chi connectivity index (χ0v) is 8.69. The third-order valence-electron chi connectivity index (χ3n) is 4.13. The topological polar surface area (TPSA) is 30.7 Å². The zero-order chi connectivity index (χ0) is 9.54. The molecule has 0 aliphatic heterocycles. The fourth-order valence-electron chi connectivity index (χ4n) is 3.35. The average molecular weight is 191 g/mol. The van der Waals surface area contributed by atoms with E-state index < -0.39 is 0 Å². The van der Waals surface area contributed by atoms with Gasteiger partial charge in [0.1, 0.15) is 12.2 Å². The van der Waals surface area contributed by atoms with Gasteiger partial charge in [0.05, 0.1) is 0 Å². The SMILES string of the molecule is Cn1cnnc1CC1CC2CCC1C2. The van der Waals surface area contributed by atoms with Crippen LogP contribution in [0.5, 0.6) is 0 Å². The molecule has 0 N–H and O–H groups in total. The van der Waals surface area contributed by atoms with Crippen LogP contribution in [0.25, 0.3) is 0 Å². The molecule has 2 aliphatic rings. The van der Waals surface area contributed by atoms with Crippen molar-refractivity contribution in [1.82, 2.24) is 14.8 Å². The predicted octanol–water partition coefficient (Wildman–Crippen LogP) is 1.79. The van der Waals surface area contributed by atoms with Crippen LogP contribution in [0, 0.1) is 17.8 Å². The second-order valence-corrected chi connectivity index (χ2v) is 5.00. The van der Waals surface area contributed by atoms with E-state index in [1.165, 1.54) is 31.5 Å². The van der Waals surface area contributed by atoms with Gasteiger partial charge >= 0.3 is 0 Å². The second kappa shape index (κ2) is 3.07. The maximum atomic E-state index is 4.18. The number of nitrogens with zero attached hydrogens (tertiary/aromatic N) is 3. The molecule has 0 saturated heterocycles. The standard InChI is InChI=1S/C11H17N3/c1-14-7-12-13-11(14)6-10-5-8-2-3-9(10)4-8/h7-10H,2-6H2,1H3. The number of aryl methyl sites for hydroxylation is 1. The summed E-state index contributed by atoms with van der Waals surface area (Å²) in [5, 5.41) is 8.11. The molecule has 1 aromatic heterocycles. The molecule has 14 heavy (non-hydrogen) atoms. The van der Waals surface area contributed by atoms with Crippen LogP contribution in [0.3, 0.4) is 0 Å². The summed E-state index contributed by atoms with van der Waals surface area (Å²) < 4.78 is 2.06. The summed E-state index contributed by atoms with van der Waals surface area (Å²) in [7, 11) is 2.04. The molecule has 3 heteroatoms. The van der Waals surface area contributed by atoms with E-state index >= 15 is 0 Å². The predicted molar refractivity (Wildman–Crippen MR) is 53.6 cm³/mol. The van der Waals surface area contributed by atoms with Gasteiger partial charge in [0.15, 0.2) is 0 Å². The molecule has 76 valence electrons. The summed E-state index contributed by atoms with van der Waals surface area (Å²) in [6.07, 6.45) is 8.84. The molecular formula is C11H17N3. The van der Waals surface area contributed by atoms with Gasteiger partial charge in [-0.15, -0.1) is 10.2 Å². The minimum absolute atomic E-state index is 0.900. The Kier molecular flexibility index (Phi) is 1.85. The van der Waals surface area contributed by atoms with Crippen molar-refractivity contribution < 1.29 is 0 Å². The molecule has 0 radical (unpaired) electrons. The lowest BCUT2D eigenvalue weighted by atomic mass is 9.86. The quantitative estimate of drug-likeness (QED) is 0.713. The molecular weight excluding hydrogens is 174 g/mol. The van der Waals surface area contributed by atoms with Crippen molar-refractivity contribution in [3.63, 3.8) is 0 Å². The van der Waals surface area contributed by atoms with E-state index in [2.05, 4.69) is 14.8 Å². The first-order valence-corrected chi connectivity index (χ1v) is 5.66. The monoisotopic (exact) mass is 191 g/mol. The van der Waals surface area contributed by atoms with Crippen molar-refractivity contribution in [2.24, 2.45) is 24.8 Å². The van der Waals surface area contributed by atoms with E-state index in [0.29, 0.717) is 0 Å². The first kappa shape index (κ1) is 8.45. The van der Waals surface area contributed by atoms with Crippen molar-refractivity contribution in [2.45, 2.75) is 32.1 Å². The van der Waals surface area contributed by atoms with Crippen LogP contribution in [0.4, 0.5) is 0 Å². The summed E-state index contributed by atoms with van der Waals surface area (Å²) >= 11 is 0. The first-order chi connectivity index (χ1) is 6.83. The molecule has 1 heterocycles. The summed E-state index contributed by atoms with van der Waals surface area (Å²) in [5.41, 5.74) is 0. The van der Waals surface area contributed by atoms with Crippen LogP contribution in [-0.4, -0.2) is 14.8 Å². The highest BCUT2D eigenvalue weighted by atomic mass is 15.2. The molecule has 3 atom stereocenters.